The minimum atomic E-state index is -1.75. The molecule has 0 saturated carbocycles. The fourth-order valence-electron chi connectivity index (χ4n) is 1.41. The van der Waals surface area contributed by atoms with Crippen LogP contribution in [0, 0.1) is 15.3 Å². The van der Waals surface area contributed by atoms with Crippen molar-refractivity contribution in [1.29, 1.82) is 0 Å². The third kappa shape index (κ3) is 3.30. The summed E-state index contributed by atoms with van der Waals surface area (Å²) >= 11 is 0. The van der Waals surface area contributed by atoms with E-state index in [-0.39, 0.29) is 0 Å². The van der Waals surface area contributed by atoms with Gasteiger partial charge in [-0.05, 0) is 24.5 Å². The zero-order chi connectivity index (χ0) is 10.4. The number of fused-ring (bicyclic) bond motifs is 1. The summed E-state index contributed by atoms with van der Waals surface area (Å²) in [7, 11) is 0. The van der Waals surface area contributed by atoms with Gasteiger partial charge in [0.15, 0.2) is 0 Å². The van der Waals surface area contributed by atoms with Crippen LogP contribution in [0.5, 0.6) is 0 Å². The van der Waals surface area contributed by atoms with Gasteiger partial charge >= 0.3 is 0 Å². The fourth-order valence-corrected chi connectivity index (χ4v) is 1.41. The monoisotopic (exact) mass is 195 g/mol. The number of hydrogen-bond donors (Lipinski definition) is 1. The van der Waals surface area contributed by atoms with Crippen LogP contribution in [0.3, 0.4) is 0 Å². The van der Waals surface area contributed by atoms with Crippen molar-refractivity contribution < 1.29 is 5.09 Å². The van der Waals surface area contributed by atoms with Crippen molar-refractivity contribution >= 4 is 5.69 Å². The zero-order valence-electron chi connectivity index (χ0n) is 7.60. The van der Waals surface area contributed by atoms with Gasteiger partial charge in [-0.3, -0.25) is 0 Å². The Bertz CT molecular complexity index is 286. The standard InChI is InChI=1S/C9H11N.NO3/c1-2-6-9-8(4-1)5-3-7-10-9;2-1(3)4/h1-2,4,6,10H,3,5,7H2;/q;-1. The SMILES string of the molecule is O=[N+]([O-])[O-].c1ccc2c(c1)CCCN2. The number of benzene rings is 1. The highest BCUT2D eigenvalue weighted by Gasteiger charge is 2.04. The first-order chi connectivity index (χ1) is 6.70. The van der Waals surface area contributed by atoms with E-state index in [9.17, 15) is 0 Å². The molecule has 0 spiro atoms. The van der Waals surface area contributed by atoms with Crippen molar-refractivity contribution in [2.45, 2.75) is 12.8 Å². The lowest BCUT2D eigenvalue weighted by Gasteiger charge is -2.16. The predicted octanol–water partition coefficient (Wildman–Crippen LogP) is 1.81. The molecule has 5 heteroatoms. The second-order valence-electron chi connectivity index (χ2n) is 2.91. The van der Waals surface area contributed by atoms with E-state index < -0.39 is 5.09 Å². The highest BCUT2D eigenvalue weighted by molar-refractivity contribution is 5.52. The molecule has 5 nitrogen and oxygen atoms in total. The largest absolute Gasteiger partial charge is 0.385 e. The molecule has 0 aliphatic carbocycles. The smallest absolute Gasteiger partial charge is 0.0689 e. The molecule has 0 radical (unpaired) electrons. The Kier molecular flexibility index (Phi) is 3.72. The summed E-state index contributed by atoms with van der Waals surface area (Å²) in [5.74, 6) is 0. The first-order valence-corrected chi connectivity index (χ1v) is 4.33. The zero-order valence-corrected chi connectivity index (χ0v) is 7.60. The molecule has 0 unspecified atom stereocenters. The average molecular weight is 195 g/mol. The van der Waals surface area contributed by atoms with Crippen LogP contribution in [0.25, 0.3) is 0 Å². The molecule has 1 N–H and O–H groups in total. The number of nitrogens with zero attached hydrogens (tertiary/aromatic N) is 1. The molecule has 0 atom stereocenters. The maximum atomic E-state index is 8.25. The third-order valence-electron chi connectivity index (χ3n) is 1.96. The summed E-state index contributed by atoms with van der Waals surface area (Å²) in [5.41, 5.74) is 2.79. The van der Waals surface area contributed by atoms with Gasteiger partial charge in [-0.1, -0.05) is 18.2 Å². The van der Waals surface area contributed by atoms with Crippen molar-refractivity contribution in [2.24, 2.45) is 0 Å². The molecule has 0 fully saturated rings. The van der Waals surface area contributed by atoms with Crippen molar-refractivity contribution in [2.75, 3.05) is 11.9 Å². The van der Waals surface area contributed by atoms with Crippen LogP contribution >= 0.6 is 0 Å². The minimum Gasteiger partial charge on any atom is -0.385 e. The molecule has 0 saturated heterocycles. The van der Waals surface area contributed by atoms with Crippen LogP contribution in [0.2, 0.25) is 0 Å². The number of para-hydroxylation sites is 1. The second kappa shape index (κ2) is 5.06. The summed E-state index contributed by atoms with van der Waals surface area (Å²) in [6.07, 6.45) is 2.51. The van der Waals surface area contributed by atoms with Crippen LogP contribution in [-0.4, -0.2) is 11.6 Å². The molecule has 0 amide bonds. The minimum absolute atomic E-state index is 1.14. The molecule has 1 aromatic carbocycles. The van der Waals surface area contributed by atoms with E-state index in [0.29, 0.717) is 0 Å². The lowest BCUT2D eigenvalue weighted by atomic mass is 10.0. The molecular weight excluding hydrogens is 184 g/mol. The molecule has 76 valence electrons. The quantitative estimate of drug-likeness (QED) is 0.505. The Morgan fingerprint density at radius 3 is 2.57 bits per heavy atom. The lowest BCUT2D eigenvalue weighted by Crippen LogP contribution is -2.10. The van der Waals surface area contributed by atoms with Gasteiger partial charge in [0.25, 0.3) is 0 Å². The van der Waals surface area contributed by atoms with E-state index in [2.05, 4.69) is 29.6 Å². The Hall–Kier alpha value is -1.78. The molecule has 1 heterocycles. The van der Waals surface area contributed by atoms with Gasteiger partial charge in [-0.25, -0.2) is 0 Å². The van der Waals surface area contributed by atoms with Crippen molar-refractivity contribution in [3.63, 3.8) is 0 Å². The van der Waals surface area contributed by atoms with E-state index in [0.717, 1.165) is 6.54 Å². The molecule has 2 rings (SSSR count). The number of nitrogens with one attached hydrogen (secondary N) is 1. The number of hydrogen-bond acceptors (Lipinski definition) is 4. The third-order valence-corrected chi connectivity index (χ3v) is 1.96. The molecule has 14 heavy (non-hydrogen) atoms. The van der Waals surface area contributed by atoms with Crippen molar-refractivity contribution in [3.8, 4) is 0 Å². The number of anilines is 1. The fraction of sp³-hybridized carbons (Fsp3) is 0.333. The number of aryl methyl sites for hydroxylation is 1. The molecule has 0 bridgehead atoms. The Labute approximate surface area is 81.5 Å². The summed E-state index contributed by atoms with van der Waals surface area (Å²) in [5, 5.41) is 18.1. The van der Waals surface area contributed by atoms with Crippen LogP contribution in [0.15, 0.2) is 24.3 Å². The molecule has 1 aliphatic heterocycles. The highest BCUT2D eigenvalue weighted by atomic mass is 16.9. The first-order valence-electron chi connectivity index (χ1n) is 4.33. The van der Waals surface area contributed by atoms with Gasteiger partial charge in [0.1, 0.15) is 0 Å². The van der Waals surface area contributed by atoms with E-state index >= 15 is 0 Å². The lowest BCUT2D eigenvalue weighted by molar-refractivity contribution is -0.402. The van der Waals surface area contributed by atoms with Crippen molar-refractivity contribution in [3.05, 3.63) is 45.2 Å². The van der Waals surface area contributed by atoms with Crippen LogP contribution in [0.1, 0.15) is 12.0 Å². The first kappa shape index (κ1) is 10.3. The molecule has 0 aromatic heterocycles. The number of rotatable bonds is 0. The van der Waals surface area contributed by atoms with Crippen LogP contribution in [-0.2, 0) is 6.42 Å². The Morgan fingerprint density at radius 2 is 1.93 bits per heavy atom. The van der Waals surface area contributed by atoms with E-state index in [1.165, 1.54) is 24.1 Å². The topological polar surface area (TPSA) is 78.2 Å². The predicted molar refractivity (Wildman–Crippen MR) is 53.6 cm³/mol. The van der Waals surface area contributed by atoms with Gasteiger partial charge in [-0.2, -0.15) is 0 Å². The van der Waals surface area contributed by atoms with Gasteiger partial charge in [0.2, 0.25) is 0 Å². The maximum absolute atomic E-state index is 8.25. The normalized spacial score (nSPS) is 12.9. The van der Waals surface area contributed by atoms with Gasteiger partial charge in [0.05, 0.1) is 5.09 Å². The second-order valence-corrected chi connectivity index (χ2v) is 2.91. The van der Waals surface area contributed by atoms with E-state index in [1.54, 1.807) is 0 Å². The summed E-state index contributed by atoms with van der Waals surface area (Å²) in [6, 6.07) is 8.53. The summed E-state index contributed by atoms with van der Waals surface area (Å²) < 4.78 is 0. The van der Waals surface area contributed by atoms with Gasteiger partial charge < -0.3 is 20.6 Å². The molecular formula is C9H11N2O3-. The Balaban J connectivity index is 0.000000213. The van der Waals surface area contributed by atoms with Gasteiger partial charge in [0, 0.05) is 12.2 Å². The highest BCUT2D eigenvalue weighted by Crippen LogP contribution is 2.19. The van der Waals surface area contributed by atoms with Crippen molar-refractivity contribution in [1.82, 2.24) is 0 Å². The average Bonchev–Trinajstić information content (AvgIpc) is 2.17. The van der Waals surface area contributed by atoms with E-state index in [4.69, 9.17) is 15.3 Å². The van der Waals surface area contributed by atoms with Crippen LogP contribution in [0.4, 0.5) is 5.69 Å². The maximum Gasteiger partial charge on any atom is 0.0689 e. The van der Waals surface area contributed by atoms with Crippen LogP contribution < -0.4 is 5.32 Å². The molecule has 1 aromatic rings. The molecule has 1 aliphatic rings. The Morgan fingerprint density at radius 1 is 1.29 bits per heavy atom. The summed E-state index contributed by atoms with van der Waals surface area (Å²) in [4.78, 5) is 8.25. The van der Waals surface area contributed by atoms with Gasteiger partial charge in [-0.15, -0.1) is 0 Å². The summed E-state index contributed by atoms with van der Waals surface area (Å²) in [6.45, 7) is 1.14. The van der Waals surface area contributed by atoms with E-state index in [1.807, 2.05) is 0 Å².